The summed E-state index contributed by atoms with van der Waals surface area (Å²) in [5.41, 5.74) is 3.09. The van der Waals surface area contributed by atoms with Crippen LogP contribution in [0.25, 0.3) is 0 Å². The standard InChI is InChI=1S/C25H22N2O3S/c1-2-30-24(29)19-15-13-18(14-16-19)17-22-23(28)27(21-11-7-4-8-12-21)25(31-22)26-20-9-5-3-6-10-20/h3-16,22H,2,17H2,1H3/t22-/m1/s1. The second kappa shape index (κ2) is 9.62. The Hall–Kier alpha value is -3.38. The lowest BCUT2D eigenvalue weighted by Crippen LogP contribution is -2.32. The van der Waals surface area contributed by atoms with Gasteiger partial charge in [-0.2, -0.15) is 0 Å². The molecule has 31 heavy (non-hydrogen) atoms. The molecule has 1 amide bonds. The fourth-order valence-corrected chi connectivity index (χ4v) is 4.50. The van der Waals surface area contributed by atoms with Crippen LogP contribution in [0.4, 0.5) is 11.4 Å². The molecule has 1 saturated heterocycles. The van der Waals surface area contributed by atoms with Crippen molar-refractivity contribution in [3.8, 4) is 0 Å². The normalized spacial score (nSPS) is 17.2. The molecule has 6 heteroatoms. The second-order valence-corrected chi connectivity index (χ2v) is 8.14. The molecule has 0 spiro atoms. The van der Waals surface area contributed by atoms with Gasteiger partial charge >= 0.3 is 5.97 Å². The molecule has 156 valence electrons. The van der Waals surface area contributed by atoms with Crippen molar-refractivity contribution in [1.29, 1.82) is 0 Å². The molecule has 0 unspecified atom stereocenters. The summed E-state index contributed by atoms with van der Waals surface area (Å²) in [6.07, 6.45) is 0.545. The third-order valence-corrected chi connectivity index (χ3v) is 5.95. The van der Waals surface area contributed by atoms with Gasteiger partial charge in [-0.3, -0.25) is 9.69 Å². The van der Waals surface area contributed by atoms with Crippen LogP contribution >= 0.6 is 11.8 Å². The number of nitrogens with zero attached hydrogens (tertiary/aromatic N) is 2. The molecule has 0 saturated carbocycles. The zero-order valence-corrected chi connectivity index (χ0v) is 17.9. The summed E-state index contributed by atoms with van der Waals surface area (Å²) in [4.78, 5) is 31.6. The number of anilines is 1. The van der Waals surface area contributed by atoms with Gasteiger partial charge < -0.3 is 4.74 Å². The first-order valence-electron chi connectivity index (χ1n) is 10.1. The van der Waals surface area contributed by atoms with Gasteiger partial charge in [-0.25, -0.2) is 9.79 Å². The van der Waals surface area contributed by atoms with Crippen LogP contribution in [0.3, 0.4) is 0 Å². The number of amides is 1. The molecule has 1 heterocycles. The SMILES string of the molecule is CCOC(=O)c1ccc(C[C@H]2SC(=Nc3ccccc3)N(c3ccccc3)C2=O)cc1. The van der Waals surface area contributed by atoms with Crippen LogP contribution in [-0.2, 0) is 16.0 Å². The third-order valence-electron chi connectivity index (χ3n) is 4.82. The van der Waals surface area contributed by atoms with E-state index in [1.807, 2.05) is 72.8 Å². The van der Waals surface area contributed by atoms with E-state index < -0.39 is 0 Å². The number of amidine groups is 1. The monoisotopic (exact) mass is 430 g/mol. The predicted octanol–water partition coefficient (Wildman–Crippen LogP) is 5.24. The fourth-order valence-electron chi connectivity index (χ4n) is 3.31. The number of esters is 1. The zero-order chi connectivity index (χ0) is 21.6. The lowest BCUT2D eigenvalue weighted by atomic mass is 10.1. The van der Waals surface area contributed by atoms with E-state index in [4.69, 9.17) is 9.73 Å². The lowest BCUT2D eigenvalue weighted by Gasteiger charge is -2.16. The van der Waals surface area contributed by atoms with Crippen molar-refractivity contribution in [2.24, 2.45) is 4.99 Å². The second-order valence-electron chi connectivity index (χ2n) is 6.97. The number of thioether (sulfide) groups is 1. The van der Waals surface area contributed by atoms with E-state index in [2.05, 4.69) is 0 Å². The molecule has 4 rings (SSSR count). The Morgan fingerprint density at radius 1 is 0.968 bits per heavy atom. The molecule has 1 aliphatic heterocycles. The minimum atomic E-state index is -0.340. The first kappa shape index (κ1) is 20.9. The number of benzene rings is 3. The summed E-state index contributed by atoms with van der Waals surface area (Å²) in [5, 5.41) is 0.367. The summed E-state index contributed by atoms with van der Waals surface area (Å²) in [6.45, 7) is 2.12. The van der Waals surface area contributed by atoms with Gasteiger partial charge in [-0.1, -0.05) is 60.3 Å². The lowest BCUT2D eigenvalue weighted by molar-refractivity contribution is -0.116. The smallest absolute Gasteiger partial charge is 0.338 e. The van der Waals surface area contributed by atoms with Crippen molar-refractivity contribution < 1.29 is 14.3 Å². The van der Waals surface area contributed by atoms with Crippen molar-refractivity contribution in [3.63, 3.8) is 0 Å². The van der Waals surface area contributed by atoms with Crippen molar-refractivity contribution >= 4 is 40.2 Å². The van der Waals surface area contributed by atoms with Crippen LogP contribution in [-0.4, -0.2) is 28.9 Å². The molecular formula is C25H22N2O3S. The molecule has 3 aromatic rings. The molecule has 0 aromatic heterocycles. The van der Waals surface area contributed by atoms with Crippen molar-refractivity contribution in [3.05, 3.63) is 96.1 Å². The molecule has 1 aliphatic rings. The van der Waals surface area contributed by atoms with Crippen molar-refractivity contribution in [2.75, 3.05) is 11.5 Å². The van der Waals surface area contributed by atoms with Gasteiger partial charge in [-0.15, -0.1) is 0 Å². The van der Waals surface area contributed by atoms with Crippen molar-refractivity contribution in [2.45, 2.75) is 18.6 Å². The molecular weight excluding hydrogens is 408 g/mol. The van der Waals surface area contributed by atoms with Crippen LogP contribution in [0.2, 0.25) is 0 Å². The average Bonchev–Trinajstić information content (AvgIpc) is 3.10. The van der Waals surface area contributed by atoms with E-state index in [0.717, 1.165) is 16.9 Å². The topological polar surface area (TPSA) is 59.0 Å². The van der Waals surface area contributed by atoms with E-state index in [9.17, 15) is 9.59 Å². The molecule has 0 N–H and O–H groups in total. The summed E-state index contributed by atoms with van der Waals surface area (Å²) < 4.78 is 5.03. The maximum Gasteiger partial charge on any atom is 0.338 e. The van der Waals surface area contributed by atoms with E-state index in [-0.39, 0.29) is 17.1 Å². The van der Waals surface area contributed by atoms with Gasteiger partial charge in [-0.05, 0) is 55.3 Å². The number of carbonyl (C=O) groups excluding carboxylic acids is 2. The Bertz CT molecular complexity index is 1080. The minimum absolute atomic E-state index is 0.000324. The van der Waals surface area contributed by atoms with Crippen molar-refractivity contribution in [1.82, 2.24) is 0 Å². The Kier molecular flexibility index (Phi) is 6.48. The Labute approximate surface area is 185 Å². The largest absolute Gasteiger partial charge is 0.462 e. The van der Waals surface area contributed by atoms with Crippen LogP contribution in [0.1, 0.15) is 22.8 Å². The molecule has 0 aliphatic carbocycles. The number of aliphatic imine (C=N–C) groups is 1. The Morgan fingerprint density at radius 2 is 1.61 bits per heavy atom. The van der Waals surface area contributed by atoms with E-state index in [0.29, 0.717) is 23.8 Å². The molecule has 5 nitrogen and oxygen atoms in total. The molecule has 1 atom stereocenters. The van der Waals surface area contributed by atoms with Crippen LogP contribution < -0.4 is 4.90 Å². The maximum absolute atomic E-state index is 13.3. The number of hydrogen-bond acceptors (Lipinski definition) is 5. The highest BCUT2D eigenvalue weighted by atomic mass is 32.2. The third kappa shape index (κ3) is 4.86. The first-order valence-corrected chi connectivity index (χ1v) is 11.0. The van der Waals surface area contributed by atoms with Gasteiger partial charge in [0.1, 0.15) is 0 Å². The molecule has 0 bridgehead atoms. The highest BCUT2D eigenvalue weighted by molar-refractivity contribution is 8.16. The highest BCUT2D eigenvalue weighted by Crippen LogP contribution is 2.35. The first-order chi connectivity index (χ1) is 15.2. The Morgan fingerprint density at radius 3 is 2.26 bits per heavy atom. The minimum Gasteiger partial charge on any atom is -0.462 e. The number of rotatable bonds is 6. The van der Waals surface area contributed by atoms with Crippen LogP contribution in [0.5, 0.6) is 0 Å². The molecule has 1 fully saturated rings. The van der Waals surface area contributed by atoms with Crippen LogP contribution in [0.15, 0.2) is 89.9 Å². The van der Waals surface area contributed by atoms with Crippen LogP contribution in [0, 0.1) is 0 Å². The number of hydrogen-bond donors (Lipinski definition) is 0. The van der Waals surface area contributed by atoms with Gasteiger partial charge in [0.25, 0.3) is 0 Å². The predicted molar refractivity (Wildman–Crippen MR) is 125 cm³/mol. The quantitative estimate of drug-likeness (QED) is 0.502. The molecule has 3 aromatic carbocycles. The number of para-hydroxylation sites is 2. The highest BCUT2D eigenvalue weighted by Gasteiger charge is 2.39. The summed E-state index contributed by atoms with van der Waals surface area (Å²) in [7, 11) is 0. The van der Waals surface area contributed by atoms with E-state index >= 15 is 0 Å². The van der Waals surface area contributed by atoms with Gasteiger partial charge in [0.2, 0.25) is 5.91 Å². The van der Waals surface area contributed by atoms with Gasteiger partial charge in [0, 0.05) is 0 Å². The average molecular weight is 431 g/mol. The van der Waals surface area contributed by atoms with E-state index in [1.54, 1.807) is 24.0 Å². The summed E-state index contributed by atoms with van der Waals surface area (Å²) >= 11 is 1.46. The molecule has 0 radical (unpaired) electrons. The van der Waals surface area contributed by atoms with Gasteiger partial charge in [0.15, 0.2) is 5.17 Å². The van der Waals surface area contributed by atoms with E-state index in [1.165, 1.54) is 11.8 Å². The number of ether oxygens (including phenoxy) is 1. The fraction of sp³-hybridized carbons (Fsp3) is 0.160. The summed E-state index contributed by atoms with van der Waals surface area (Å²) in [5.74, 6) is -0.340. The zero-order valence-electron chi connectivity index (χ0n) is 17.1. The van der Waals surface area contributed by atoms with Gasteiger partial charge in [0.05, 0.1) is 28.8 Å². The number of carbonyl (C=O) groups is 2. The maximum atomic E-state index is 13.3. The Balaban J connectivity index is 1.58. The summed E-state index contributed by atoms with van der Waals surface area (Å²) in [6, 6.07) is 26.4.